The molecule has 152 valence electrons. The summed E-state index contributed by atoms with van der Waals surface area (Å²) in [5, 5.41) is 0.481. The summed E-state index contributed by atoms with van der Waals surface area (Å²) in [5.74, 6) is 0.744. The van der Waals surface area contributed by atoms with Crippen molar-refractivity contribution in [1.82, 2.24) is 19.5 Å². The van der Waals surface area contributed by atoms with Gasteiger partial charge in [-0.2, -0.15) is 4.40 Å². The van der Waals surface area contributed by atoms with Crippen LogP contribution in [0, 0.1) is 13.8 Å². The van der Waals surface area contributed by atoms with Crippen molar-refractivity contribution in [3.8, 4) is 11.6 Å². The molecule has 2 aromatic heterocycles. The monoisotopic (exact) mass is 411 g/mol. The standard InChI is InChI=1S/C21H25N5O2S/c1-12-8-15(14(3)25-29(28)21(4,5)6)17-16(9-12)20(27)26(7)19(24-17)18-22-10-13(2)11-23-18/h8-11H,1-7H3. The third-order valence-electron chi connectivity index (χ3n) is 4.44. The second-order valence-corrected chi connectivity index (χ2v) is 10.0. The molecule has 0 saturated heterocycles. The number of nitrogens with zero attached hydrogens (tertiary/aromatic N) is 5. The molecule has 7 nitrogen and oxygen atoms in total. The fraction of sp³-hybridized carbons (Fsp3) is 0.381. The summed E-state index contributed by atoms with van der Waals surface area (Å²) in [4.78, 5) is 26.4. The molecule has 0 aliphatic carbocycles. The molecule has 3 rings (SSSR count). The van der Waals surface area contributed by atoms with Gasteiger partial charge in [0.2, 0.25) is 0 Å². The zero-order valence-corrected chi connectivity index (χ0v) is 18.6. The van der Waals surface area contributed by atoms with Crippen LogP contribution in [0.5, 0.6) is 0 Å². The first-order valence-corrected chi connectivity index (χ1v) is 10.4. The van der Waals surface area contributed by atoms with Crippen molar-refractivity contribution in [1.29, 1.82) is 0 Å². The molecule has 0 N–H and O–H groups in total. The highest BCUT2D eigenvalue weighted by molar-refractivity contribution is 7.85. The molecule has 1 aromatic carbocycles. The maximum absolute atomic E-state index is 13.1. The Kier molecular flexibility index (Phi) is 5.49. The van der Waals surface area contributed by atoms with Crippen molar-refractivity contribution in [2.24, 2.45) is 11.4 Å². The van der Waals surface area contributed by atoms with Crippen LogP contribution in [-0.2, 0) is 18.0 Å². The van der Waals surface area contributed by atoms with E-state index in [0.717, 1.165) is 11.1 Å². The second-order valence-electron chi connectivity index (χ2n) is 8.13. The molecule has 29 heavy (non-hydrogen) atoms. The van der Waals surface area contributed by atoms with Crippen LogP contribution in [0.15, 0.2) is 33.7 Å². The second kappa shape index (κ2) is 7.59. The zero-order chi connectivity index (χ0) is 21.5. The van der Waals surface area contributed by atoms with Crippen LogP contribution in [0.4, 0.5) is 0 Å². The van der Waals surface area contributed by atoms with Gasteiger partial charge >= 0.3 is 0 Å². The van der Waals surface area contributed by atoms with E-state index < -0.39 is 15.7 Å². The lowest BCUT2D eigenvalue weighted by atomic mass is 10.0. The Balaban J connectivity index is 2.32. The van der Waals surface area contributed by atoms with E-state index in [1.807, 2.05) is 46.8 Å². The van der Waals surface area contributed by atoms with Gasteiger partial charge in [0.15, 0.2) is 11.6 Å². The number of hydrogen-bond donors (Lipinski definition) is 0. The van der Waals surface area contributed by atoms with Gasteiger partial charge in [-0.05, 0) is 64.8 Å². The van der Waals surface area contributed by atoms with Crippen molar-refractivity contribution in [2.75, 3.05) is 0 Å². The molecule has 0 aliphatic rings. The minimum Gasteiger partial charge on any atom is -0.293 e. The predicted octanol–water partition coefficient (Wildman–Crippen LogP) is 3.28. The fourth-order valence-electron chi connectivity index (χ4n) is 2.81. The first-order valence-electron chi connectivity index (χ1n) is 9.27. The summed E-state index contributed by atoms with van der Waals surface area (Å²) < 4.78 is 17.9. The SMILES string of the molecule is CC(=NS(=O)C(C)(C)C)c1cc(C)cc2c(=O)n(C)c(-c3ncc(C)cn3)nc12. The van der Waals surface area contributed by atoms with Crippen LogP contribution < -0.4 is 5.56 Å². The molecule has 1 atom stereocenters. The molecule has 3 aromatic rings. The fourth-order valence-corrected chi connectivity index (χ4v) is 3.44. The van der Waals surface area contributed by atoms with Gasteiger partial charge < -0.3 is 0 Å². The number of aromatic nitrogens is 4. The molecule has 0 bridgehead atoms. The van der Waals surface area contributed by atoms with Crippen molar-refractivity contribution in [3.05, 3.63) is 51.6 Å². The Morgan fingerprint density at radius 1 is 1.10 bits per heavy atom. The molecule has 0 radical (unpaired) electrons. The van der Waals surface area contributed by atoms with Gasteiger partial charge in [-0.3, -0.25) is 9.36 Å². The third-order valence-corrected chi connectivity index (χ3v) is 5.93. The van der Waals surface area contributed by atoms with E-state index in [1.54, 1.807) is 26.4 Å². The first-order chi connectivity index (χ1) is 13.5. The molecule has 0 fully saturated rings. The number of hydrogen-bond acceptors (Lipinski definition) is 5. The highest BCUT2D eigenvalue weighted by atomic mass is 32.2. The van der Waals surface area contributed by atoms with E-state index in [0.29, 0.717) is 33.8 Å². The molecule has 0 aliphatic heterocycles. The lowest BCUT2D eigenvalue weighted by Crippen LogP contribution is -2.23. The van der Waals surface area contributed by atoms with E-state index in [4.69, 9.17) is 4.98 Å². The summed E-state index contributed by atoms with van der Waals surface area (Å²) in [6, 6.07) is 3.72. The highest BCUT2D eigenvalue weighted by Crippen LogP contribution is 2.22. The van der Waals surface area contributed by atoms with Gasteiger partial charge in [-0.15, -0.1) is 0 Å². The molecule has 1 unspecified atom stereocenters. The lowest BCUT2D eigenvalue weighted by Gasteiger charge is -2.15. The molecular weight excluding hydrogens is 386 g/mol. The number of benzene rings is 1. The Morgan fingerprint density at radius 3 is 2.31 bits per heavy atom. The van der Waals surface area contributed by atoms with E-state index in [-0.39, 0.29) is 5.56 Å². The first kappa shape index (κ1) is 21.0. The predicted molar refractivity (Wildman–Crippen MR) is 118 cm³/mol. The number of rotatable bonds is 3. The van der Waals surface area contributed by atoms with E-state index in [1.165, 1.54) is 4.57 Å². The van der Waals surface area contributed by atoms with Crippen molar-refractivity contribution >= 4 is 27.6 Å². The minimum atomic E-state index is -1.42. The molecule has 0 amide bonds. The van der Waals surface area contributed by atoms with Crippen LogP contribution in [0.25, 0.3) is 22.6 Å². The van der Waals surface area contributed by atoms with E-state index >= 15 is 0 Å². The summed E-state index contributed by atoms with van der Waals surface area (Å²) in [6.07, 6.45) is 3.38. The van der Waals surface area contributed by atoms with Crippen molar-refractivity contribution in [3.63, 3.8) is 0 Å². The quantitative estimate of drug-likeness (QED) is 0.617. The van der Waals surface area contributed by atoms with Crippen LogP contribution in [-0.4, -0.2) is 34.2 Å². The summed E-state index contributed by atoms with van der Waals surface area (Å²) >= 11 is 0. The molecule has 2 heterocycles. The number of fused-ring (bicyclic) bond motifs is 1. The highest BCUT2D eigenvalue weighted by Gasteiger charge is 2.21. The Labute approximate surface area is 172 Å². The van der Waals surface area contributed by atoms with Gasteiger partial charge in [0.25, 0.3) is 5.56 Å². The summed E-state index contributed by atoms with van der Waals surface area (Å²) in [6.45, 7) is 11.2. The van der Waals surface area contributed by atoms with Gasteiger partial charge in [0.05, 0.1) is 21.4 Å². The lowest BCUT2D eigenvalue weighted by molar-refractivity contribution is 0.650. The average molecular weight is 412 g/mol. The van der Waals surface area contributed by atoms with Crippen LogP contribution in [0.1, 0.15) is 44.4 Å². The largest absolute Gasteiger partial charge is 0.293 e. The topological polar surface area (TPSA) is 90.1 Å². The average Bonchev–Trinajstić information content (AvgIpc) is 2.64. The van der Waals surface area contributed by atoms with Gasteiger partial charge in [-0.1, -0.05) is 0 Å². The number of aryl methyl sites for hydroxylation is 2. The van der Waals surface area contributed by atoms with Gasteiger partial charge in [0, 0.05) is 25.0 Å². The maximum atomic E-state index is 13.1. The third kappa shape index (κ3) is 4.17. The van der Waals surface area contributed by atoms with E-state index in [9.17, 15) is 9.00 Å². The van der Waals surface area contributed by atoms with Crippen LogP contribution in [0.3, 0.4) is 0 Å². The van der Waals surface area contributed by atoms with E-state index in [2.05, 4.69) is 14.4 Å². The zero-order valence-electron chi connectivity index (χ0n) is 17.8. The molecule has 0 saturated carbocycles. The Bertz CT molecular complexity index is 1200. The van der Waals surface area contributed by atoms with Gasteiger partial charge in [-0.25, -0.2) is 19.2 Å². The Hall–Kier alpha value is -2.74. The summed E-state index contributed by atoms with van der Waals surface area (Å²) in [7, 11) is 0.239. The summed E-state index contributed by atoms with van der Waals surface area (Å²) in [5.41, 5.74) is 3.39. The van der Waals surface area contributed by atoms with Crippen molar-refractivity contribution in [2.45, 2.75) is 46.3 Å². The van der Waals surface area contributed by atoms with Gasteiger partial charge in [0.1, 0.15) is 11.0 Å². The molecule has 0 spiro atoms. The smallest absolute Gasteiger partial charge is 0.261 e. The normalized spacial score (nSPS) is 13.7. The molecular formula is C21H25N5O2S. The van der Waals surface area contributed by atoms with Crippen LogP contribution >= 0.6 is 0 Å². The maximum Gasteiger partial charge on any atom is 0.261 e. The minimum absolute atomic E-state index is 0.191. The Morgan fingerprint density at radius 2 is 1.72 bits per heavy atom. The van der Waals surface area contributed by atoms with Crippen molar-refractivity contribution < 1.29 is 4.21 Å². The van der Waals surface area contributed by atoms with Crippen LogP contribution in [0.2, 0.25) is 0 Å². The molecule has 8 heteroatoms.